The van der Waals surface area contributed by atoms with E-state index in [2.05, 4.69) is 17.1 Å². The van der Waals surface area contributed by atoms with Gasteiger partial charge in [-0.05, 0) is 31.4 Å². The SMILES string of the molecule is O=[N+]([O-])c1ccc(N2[C@@H]3/C=C\CCCC[C@@H]32)cc1. The van der Waals surface area contributed by atoms with Crippen molar-refractivity contribution in [3.8, 4) is 0 Å². The zero-order valence-corrected chi connectivity index (χ0v) is 10.2. The van der Waals surface area contributed by atoms with Gasteiger partial charge in [0.05, 0.1) is 17.0 Å². The third-order valence-corrected chi connectivity index (χ3v) is 3.80. The Labute approximate surface area is 106 Å². The predicted octanol–water partition coefficient (Wildman–Crippen LogP) is 3.28. The van der Waals surface area contributed by atoms with Crippen molar-refractivity contribution in [2.75, 3.05) is 4.90 Å². The third-order valence-electron chi connectivity index (χ3n) is 3.80. The molecule has 1 saturated heterocycles. The summed E-state index contributed by atoms with van der Waals surface area (Å²) in [6.07, 6.45) is 9.50. The molecule has 1 aromatic rings. The molecule has 4 nitrogen and oxygen atoms in total. The van der Waals surface area contributed by atoms with Gasteiger partial charge in [-0.3, -0.25) is 10.1 Å². The monoisotopic (exact) mass is 244 g/mol. The zero-order chi connectivity index (χ0) is 12.5. The maximum atomic E-state index is 10.6. The molecule has 2 aliphatic rings. The van der Waals surface area contributed by atoms with E-state index in [0.717, 1.165) is 5.69 Å². The van der Waals surface area contributed by atoms with Crippen LogP contribution in [0.3, 0.4) is 0 Å². The summed E-state index contributed by atoms with van der Waals surface area (Å²) in [6.45, 7) is 0. The molecule has 0 bridgehead atoms. The van der Waals surface area contributed by atoms with Crippen molar-refractivity contribution in [3.05, 3.63) is 46.5 Å². The minimum atomic E-state index is -0.352. The zero-order valence-electron chi connectivity index (χ0n) is 10.2. The first-order valence-electron chi connectivity index (χ1n) is 6.47. The Morgan fingerprint density at radius 2 is 2.00 bits per heavy atom. The molecule has 18 heavy (non-hydrogen) atoms. The lowest BCUT2D eigenvalue weighted by Crippen LogP contribution is -1.99. The van der Waals surface area contributed by atoms with Crippen LogP contribution < -0.4 is 4.90 Å². The van der Waals surface area contributed by atoms with Crippen molar-refractivity contribution in [2.45, 2.75) is 37.8 Å². The van der Waals surface area contributed by atoms with E-state index in [1.165, 1.54) is 25.7 Å². The molecule has 1 aromatic carbocycles. The van der Waals surface area contributed by atoms with E-state index in [4.69, 9.17) is 0 Å². The fourth-order valence-electron chi connectivity index (χ4n) is 2.79. The number of hydrogen-bond donors (Lipinski definition) is 0. The second-order valence-electron chi connectivity index (χ2n) is 4.95. The Morgan fingerprint density at radius 3 is 2.72 bits per heavy atom. The van der Waals surface area contributed by atoms with Crippen molar-refractivity contribution in [1.82, 2.24) is 0 Å². The first-order chi connectivity index (χ1) is 8.77. The fourth-order valence-corrected chi connectivity index (χ4v) is 2.79. The van der Waals surface area contributed by atoms with Crippen molar-refractivity contribution < 1.29 is 4.92 Å². The van der Waals surface area contributed by atoms with Crippen LogP contribution in [0.15, 0.2) is 36.4 Å². The smallest absolute Gasteiger partial charge is 0.269 e. The van der Waals surface area contributed by atoms with Crippen LogP contribution in [-0.4, -0.2) is 17.0 Å². The summed E-state index contributed by atoms with van der Waals surface area (Å²) >= 11 is 0. The molecular formula is C14H16N2O2. The Hall–Kier alpha value is -1.84. The topological polar surface area (TPSA) is 46.1 Å². The maximum Gasteiger partial charge on any atom is 0.269 e. The lowest BCUT2D eigenvalue weighted by atomic mass is 10.1. The van der Waals surface area contributed by atoms with Crippen LogP contribution in [0.5, 0.6) is 0 Å². The molecule has 3 rings (SSSR count). The van der Waals surface area contributed by atoms with Crippen LogP contribution in [0.1, 0.15) is 25.7 Å². The number of allylic oxidation sites excluding steroid dienone is 1. The summed E-state index contributed by atoms with van der Waals surface area (Å²) < 4.78 is 0. The van der Waals surface area contributed by atoms with Crippen molar-refractivity contribution >= 4 is 11.4 Å². The lowest BCUT2D eigenvalue weighted by Gasteiger charge is -2.04. The van der Waals surface area contributed by atoms with Gasteiger partial charge in [0.25, 0.3) is 5.69 Å². The highest BCUT2D eigenvalue weighted by Crippen LogP contribution is 2.40. The quantitative estimate of drug-likeness (QED) is 0.347. The lowest BCUT2D eigenvalue weighted by molar-refractivity contribution is -0.384. The van der Waals surface area contributed by atoms with Gasteiger partial charge in [0, 0.05) is 17.8 Å². The number of hydrogen-bond acceptors (Lipinski definition) is 3. The second kappa shape index (κ2) is 4.44. The number of fused-ring (bicyclic) bond motifs is 1. The third kappa shape index (κ3) is 1.98. The Kier molecular flexibility index (Phi) is 2.78. The molecule has 2 atom stereocenters. The highest BCUT2D eigenvalue weighted by molar-refractivity contribution is 5.60. The Balaban J connectivity index is 1.78. The van der Waals surface area contributed by atoms with E-state index in [1.807, 2.05) is 12.1 Å². The molecule has 1 heterocycles. The second-order valence-corrected chi connectivity index (χ2v) is 4.95. The molecule has 4 heteroatoms. The van der Waals surface area contributed by atoms with Gasteiger partial charge in [-0.2, -0.15) is 0 Å². The average molecular weight is 244 g/mol. The molecule has 0 aromatic heterocycles. The maximum absolute atomic E-state index is 10.6. The van der Waals surface area contributed by atoms with Crippen molar-refractivity contribution in [3.63, 3.8) is 0 Å². The minimum Gasteiger partial charge on any atom is -0.358 e. The largest absolute Gasteiger partial charge is 0.358 e. The minimum absolute atomic E-state index is 0.161. The summed E-state index contributed by atoms with van der Waals surface area (Å²) in [7, 11) is 0. The number of nitro groups is 1. The van der Waals surface area contributed by atoms with Gasteiger partial charge in [0.2, 0.25) is 0 Å². The van der Waals surface area contributed by atoms with Crippen LogP contribution in [0.25, 0.3) is 0 Å². The molecule has 0 amide bonds. The molecule has 1 aliphatic carbocycles. The number of non-ortho nitro benzene ring substituents is 1. The van der Waals surface area contributed by atoms with Gasteiger partial charge in [-0.15, -0.1) is 0 Å². The number of rotatable bonds is 2. The van der Waals surface area contributed by atoms with Crippen LogP contribution in [-0.2, 0) is 0 Å². The van der Waals surface area contributed by atoms with Gasteiger partial charge in [-0.1, -0.05) is 18.6 Å². The molecule has 0 radical (unpaired) electrons. The van der Waals surface area contributed by atoms with E-state index in [0.29, 0.717) is 12.1 Å². The summed E-state index contributed by atoms with van der Waals surface area (Å²) in [4.78, 5) is 12.6. The van der Waals surface area contributed by atoms with E-state index < -0.39 is 0 Å². The predicted molar refractivity (Wildman–Crippen MR) is 70.8 cm³/mol. The first-order valence-corrected chi connectivity index (χ1v) is 6.47. The van der Waals surface area contributed by atoms with E-state index in [-0.39, 0.29) is 10.6 Å². The van der Waals surface area contributed by atoms with Gasteiger partial charge in [-0.25, -0.2) is 0 Å². The summed E-state index contributed by atoms with van der Waals surface area (Å²) in [5, 5.41) is 10.6. The van der Waals surface area contributed by atoms with E-state index in [9.17, 15) is 10.1 Å². The standard InChI is InChI=1S/C14H16N2O2/c17-16(18)12-9-7-11(8-10-12)15-13-5-3-1-2-4-6-14(13)15/h3,5,7-10,13-14H,1-2,4,6H2/b5-3-/t13-,14+,15?/m1/s1. The molecule has 94 valence electrons. The molecule has 0 spiro atoms. The van der Waals surface area contributed by atoms with Crippen LogP contribution >= 0.6 is 0 Å². The molecular weight excluding hydrogens is 228 g/mol. The summed E-state index contributed by atoms with van der Waals surface area (Å²) in [5.74, 6) is 0. The van der Waals surface area contributed by atoms with Crippen molar-refractivity contribution in [2.24, 2.45) is 0 Å². The fraction of sp³-hybridized carbons (Fsp3) is 0.429. The normalized spacial score (nSPS) is 27.9. The number of anilines is 1. The Morgan fingerprint density at radius 1 is 1.22 bits per heavy atom. The van der Waals surface area contributed by atoms with E-state index in [1.54, 1.807) is 12.1 Å². The first kappa shape index (κ1) is 11.3. The average Bonchev–Trinajstić information content (AvgIpc) is 3.00. The highest BCUT2D eigenvalue weighted by atomic mass is 16.6. The highest BCUT2D eigenvalue weighted by Gasteiger charge is 2.45. The summed E-state index contributed by atoms with van der Waals surface area (Å²) in [5.41, 5.74) is 1.26. The van der Waals surface area contributed by atoms with Crippen LogP contribution in [0, 0.1) is 10.1 Å². The molecule has 0 saturated carbocycles. The molecule has 1 fully saturated rings. The van der Waals surface area contributed by atoms with Crippen molar-refractivity contribution in [1.29, 1.82) is 0 Å². The number of nitro benzene ring substituents is 1. The van der Waals surface area contributed by atoms with Crippen LogP contribution in [0.2, 0.25) is 0 Å². The van der Waals surface area contributed by atoms with Crippen LogP contribution in [0.4, 0.5) is 11.4 Å². The molecule has 1 aliphatic heterocycles. The molecule has 0 N–H and O–H groups in total. The molecule has 0 unspecified atom stereocenters. The Bertz CT molecular complexity index is 481. The van der Waals surface area contributed by atoms with Gasteiger partial charge in [0.15, 0.2) is 0 Å². The van der Waals surface area contributed by atoms with Gasteiger partial charge >= 0.3 is 0 Å². The number of benzene rings is 1. The van der Waals surface area contributed by atoms with E-state index >= 15 is 0 Å². The van der Waals surface area contributed by atoms with Gasteiger partial charge < -0.3 is 4.90 Å². The van der Waals surface area contributed by atoms with Gasteiger partial charge in [0.1, 0.15) is 0 Å². The summed E-state index contributed by atoms with van der Waals surface area (Å²) in [6, 6.07) is 8.00. The number of nitrogens with zero attached hydrogens (tertiary/aromatic N) is 2.